The van der Waals surface area contributed by atoms with Crippen LogP contribution in [0.15, 0.2) is 24.3 Å². The minimum absolute atomic E-state index is 0.0456. The molecule has 0 bridgehead atoms. The number of Topliss-reactive ketones (excluding diaryl/α,β-unsaturated/α-hetero) is 1. The van der Waals surface area contributed by atoms with Crippen molar-refractivity contribution >= 4 is 50.6 Å². The van der Waals surface area contributed by atoms with E-state index in [1.807, 2.05) is 31.2 Å². The number of hydrogen-bond donors (Lipinski definition) is 1. The number of aryl methyl sites for hydroxylation is 1. The molecule has 1 aromatic carbocycles. The number of nitrogens with one attached hydrogen (secondary N) is 1. The normalized spacial score (nSPS) is 10.3. The van der Waals surface area contributed by atoms with Gasteiger partial charge < -0.3 is 5.32 Å². The van der Waals surface area contributed by atoms with Crippen LogP contribution in [-0.2, 0) is 0 Å². The van der Waals surface area contributed by atoms with Crippen LogP contribution in [0.3, 0.4) is 0 Å². The summed E-state index contributed by atoms with van der Waals surface area (Å²) in [5, 5.41) is 4.05. The number of ketones is 1. The standard InChI is InChI=1S/C12H11IN2OS/c1-7-11(8(2)16)12(17-15-7)14-10-5-3-9(13)4-6-10/h3-6,14H,1-2H3. The van der Waals surface area contributed by atoms with E-state index >= 15 is 0 Å². The van der Waals surface area contributed by atoms with Crippen LogP contribution >= 0.6 is 34.1 Å². The van der Waals surface area contributed by atoms with E-state index in [-0.39, 0.29) is 5.78 Å². The summed E-state index contributed by atoms with van der Waals surface area (Å²) in [5.41, 5.74) is 2.45. The molecule has 2 aromatic rings. The van der Waals surface area contributed by atoms with Crippen LogP contribution in [0, 0.1) is 10.5 Å². The summed E-state index contributed by atoms with van der Waals surface area (Å²) in [5.74, 6) is 0.0456. The summed E-state index contributed by atoms with van der Waals surface area (Å²) in [6.07, 6.45) is 0. The number of benzene rings is 1. The van der Waals surface area contributed by atoms with Gasteiger partial charge in [-0.1, -0.05) is 0 Å². The van der Waals surface area contributed by atoms with Crippen LogP contribution in [0.25, 0.3) is 0 Å². The van der Waals surface area contributed by atoms with Crippen LogP contribution in [-0.4, -0.2) is 10.2 Å². The summed E-state index contributed by atoms with van der Waals surface area (Å²) in [6, 6.07) is 8.01. The van der Waals surface area contributed by atoms with Crippen molar-refractivity contribution in [2.75, 3.05) is 5.32 Å². The van der Waals surface area contributed by atoms with Gasteiger partial charge in [-0.2, -0.15) is 4.37 Å². The maximum atomic E-state index is 11.5. The number of nitrogens with zero attached hydrogens (tertiary/aromatic N) is 1. The number of rotatable bonds is 3. The molecule has 1 heterocycles. The Balaban J connectivity index is 2.30. The van der Waals surface area contributed by atoms with Gasteiger partial charge in [-0.15, -0.1) is 0 Å². The number of halogens is 1. The summed E-state index contributed by atoms with van der Waals surface area (Å²) < 4.78 is 5.39. The molecule has 0 aliphatic heterocycles. The fourth-order valence-electron chi connectivity index (χ4n) is 1.53. The Morgan fingerprint density at radius 1 is 1.35 bits per heavy atom. The molecule has 1 aromatic heterocycles. The molecule has 17 heavy (non-hydrogen) atoms. The molecule has 0 aliphatic carbocycles. The van der Waals surface area contributed by atoms with Gasteiger partial charge in [0.1, 0.15) is 5.00 Å². The smallest absolute Gasteiger partial charge is 0.164 e. The van der Waals surface area contributed by atoms with Crippen LogP contribution < -0.4 is 5.32 Å². The summed E-state index contributed by atoms with van der Waals surface area (Å²) in [6.45, 7) is 3.42. The number of carbonyl (C=O) groups is 1. The highest BCUT2D eigenvalue weighted by Crippen LogP contribution is 2.28. The second-order valence-electron chi connectivity index (χ2n) is 3.66. The van der Waals surface area contributed by atoms with E-state index in [4.69, 9.17) is 0 Å². The monoisotopic (exact) mass is 358 g/mol. The van der Waals surface area contributed by atoms with Gasteiger partial charge in [-0.05, 0) is 72.2 Å². The zero-order chi connectivity index (χ0) is 12.4. The fourth-order valence-corrected chi connectivity index (χ4v) is 2.76. The van der Waals surface area contributed by atoms with Crippen LogP contribution in [0.5, 0.6) is 0 Å². The zero-order valence-corrected chi connectivity index (χ0v) is 12.4. The molecule has 0 aliphatic rings. The number of carbonyl (C=O) groups excluding carboxylic acids is 1. The molecule has 0 unspecified atom stereocenters. The van der Waals surface area contributed by atoms with Crippen molar-refractivity contribution in [1.82, 2.24) is 4.37 Å². The van der Waals surface area contributed by atoms with Gasteiger partial charge >= 0.3 is 0 Å². The lowest BCUT2D eigenvalue weighted by atomic mass is 10.2. The van der Waals surface area contributed by atoms with Crippen LogP contribution in [0.1, 0.15) is 23.0 Å². The fraction of sp³-hybridized carbons (Fsp3) is 0.167. The summed E-state index contributed by atoms with van der Waals surface area (Å²) in [7, 11) is 0. The molecule has 3 nitrogen and oxygen atoms in total. The second kappa shape index (κ2) is 5.14. The van der Waals surface area contributed by atoms with Gasteiger partial charge in [0, 0.05) is 9.26 Å². The SMILES string of the molecule is CC(=O)c1c(C)nsc1Nc1ccc(I)cc1. The van der Waals surface area contributed by atoms with Crippen molar-refractivity contribution in [2.45, 2.75) is 13.8 Å². The Morgan fingerprint density at radius 3 is 2.59 bits per heavy atom. The van der Waals surface area contributed by atoms with Gasteiger partial charge in [0.25, 0.3) is 0 Å². The molecule has 2 rings (SSSR count). The number of hydrogen-bond acceptors (Lipinski definition) is 4. The maximum absolute atomic E-state index is 11.5. The lowest BCUT2D eigenvalue weighted by molar-refractivity contribution is 0.101. The van der Waals surface area contributed by atoms with E-state index in [1.54, 1.807) is 6.92 Å². The third-order valence-corrected chi connectivity index (χ3v) is 3.89. The molecule has 0 atom stereocenters. The molecule has 0 saturated carbocycles. The second-order valence-corrected chi connectivity index (χ2v) is 5.68. The predicted molar refractivity (Wildman–Crippen MR) is 79.3 cm³/mol. The van der Waals surface area contributed by atoms with Gasteiger partial charge in [-0.3, -0.25) is 4.79 Å². The highest BCUT2D eigenvalue weighted by Gasteiger charge is 2.14. The molecule has 0 amide bonds. The van der Waals surface area contributed by atoms with Gasteiger partial charge in [0.2, 0.25) is 0 Å². The third kappa shape index (κ3) is 2.84. The highest BCUT2D eigenvalue weighted by molar-refractivity contribution is 14.1. The lowest BCUT2D eigenvalue weighted by Gasteiger charge is -2.05. The molecule has 0 saturated heterocycles. The average Bonchev–Trinajstić information content (AvgIpc) is 2.63. The molecule has 1 N–H and O–H groups in total. The summed E-state index contributed by atoms with van der Waals surface area (Å²) in [4.78, 5) is 11.5. The Morgan fingerprint density at radius 2 is 2.00 bits per heavy atom. The topological polar surface area (TPSA) is 42.0 Å². The van der Waals surface area contributed by atoms with E-state index in [0.717, 1.165) is 16.4 Å². The van der Waals surface area contributed by atoms with Crippen LogP contribution in [0.2, 0.25) is 0 Å². The predicted octanol–water partition coefficient (Wildman–Crippen LogP) is 4.00. The zero-order valence-electron chi connectivity index (χ0n) is 9.45. The van der Waals surface area contributed by atoms with Crippen molar-refractivity contribution in [3.63, 3.8) is 0 Å². The first kappa shape index (κ1) is 12.5. The van der Waals surface area contributed by atoms with Crippen molar-refractivity contribution in [3.05, 3.63) is 39.1 Å². The van der Waals surface area contributed by atoms with Crippen molar-refractivity contribution in [3.8, 4) is 0 Å². The molecule has 5 heteroatoms. The molecular weight excluding hydrogens is 347 g/mol. The molecule has 88 valence electrons. The van der Waals surface area contributed by atoms with Gasteiger partial charge in [-0.25, -0.2) is 0 Å². The first-order valence-corrected chi connectivity index (χ1v) is 6.93. The third-order valence-electron chi connectivity index (χ3n) is 2.32. The minimum atomic E-state index is 0.0456. The van der Waals surface area contributed by atoms with Gasteiger partial charge in [0.15, 0.2) is 5.78 Å². The van der Waals surface area contributed by atoms with E-state index < -0.39 is 0 Å². The first-order valence-electron chi connectivity index (χ1n) is 5.07. The van der Waals surface area contributed by atoms with E-state index in [0.29, 0.717) is 5.56 Å². The Kier molecular flexibility index (Phi) is 3.78. The number of aromatic nitrogens is 1. The molecule has 0 radical (unpaired) electrons. The van der Waals surface area contributed by atoms with Crippen molar-refractivity contribution in [2.24, 2.45) is 0 Å². The minimum Gasteiger partial charge on any atom is -0.345 e. The van der Waals surface area contributed by atoms with Crippen LogP contribution in [0.4, 0.5) is 10.7 Å². The molecule has 0 spiro atoms. The van der Waals surface area contributed by atoms with E-state index in [9.17, 15) is 4.79 Å². The Bertz CT molecular complexity index is 548. The maximum Gasteiger partial charge on any atom is 0.164 e. The lowest BCUT2D eigenvalue weighted by Crippen LogP contribution is -1.98. The van der Waals surface area contributed by atoms with Gasteiger partial charge in [0.05, 0.1) is 11.3 Å². The molecule has 0 fully saturated rings. The first-order chi connectivity index (χ1) is 8.08. The molecular formula is C12H11IN2OS. The largest absolute Gasteiger partial charge is 0.345 e. The van der Waals surface area contributed by atoms with E-state index in [1.165, 1.54) is 15.1 Å². The quantitative estimate of drug-likeness (QED) is 0.666. The van der Waals surface area contributed by atoms with E-state index in [2.05, 4.69) is 32.3 Å². The Hall–Kier alpha value is -0.950. The summed E-state index contributed by atoms with van der Waals surface area (Å²) >= 11 is 3.58. The average molecular weight is 358 g/mol. The van der Waals surface area contributed by atoms with Crippen molar-refractivity contribution < 1.29 is 4.79 Å². The Labute approximate surface area is 118 Å². The highest BCUT2D eigenvalue weighted by atomic mass is 127. The number of anilines is 2. The van der Waals surface area contributed by atoms with Crippen molar-refractivity contribution in [1.29, 1.82) is 0 Å².